The van der Waals surface area contributed by atoms with Gasteiger partial charge in [0.2, 0.25) is 0 Å². The van der Waals surface area contributed by atoms with Crippen molar-refractivity contribution in [2.24, 2.45) is 5.92 Å². The smallest absolute Gasteiger partial charge is 0.118 e. The van der Waals surface area contributed by atoms with Crippen molar-refractivity contribution in [2.75, 3.05) is 26.7 Å². The van der Waals surface area contributed by atoms with Gasteiger partial charge in [-0.25, -0.2) is 0 Å². The van der Waals surface area contributed by atoms with Crippen LogP contribution in [0.4, 0.5) is 0 Å². The number of benzene rings is 1. The van der Waals surface area contributed by atoms with E-state index in [0.717, 1.165) is 37.8 Å². The van der Waals surface area contributed by atoms with Gasteiger partial charge in [-0.1, -0.05) is 26.0 Å². The number of methoxy groups -OCH3 is 1. The first-order chi connectivity index (χ1) is 9.17. The van der Waals surface area contributed by atoms with E-state index in [9.17, 15) is 0 Å². The highest BCUT2D eigenvalue weighted by Crippen LogP contribution is 2.15. The van der Waals surface area contributed by atoms with Crippen LogP contribution in [0.3, 0.4) is 0 Å². The Morgan fingerprint density at radius 3 is 2.68 bits per heavy atom. The Labute approximate surface area is 116 Å². The average molecular weight is 262 g/mol. The summed E-state index contributed by atoms with van der Waals surface area (Å²) < 4.78 is 5.20. The summed E-state index contributed by atoms with van der Waals surface area (Å²) >= 11 is 0. The average Bonchev–Trinajstić information content (AvgIpc) is 2.39. The topological polar surface area (TPSA) is 24.5 Å². The van der Waals surface area contributed by atoms with Gasteiger partial charge in [0.1, 0.15) is 5.75 Å². The first-order valence-electron chi connectivity index (χ1n) is 7.26. The lowest BCUT2D eigenvalue weighted by atomic mass is 10.0. The fraction of sp³-hybridized carbons (Fsp3) is 0.625. The Kier molecular flexibility index (Phi) is 5.23. The van der Waals surface area contributed by atoms with Gasteiger partial charge < -0.3 is 10.1 Å². The first kappa shape index (κ1) is 14.4. The molecular weight excluding hydrogens is 236 g/mol. The predicted octanol–water partition coefficient (Wildman–Crippen LogP) is 2.52. The molecule has 1 aromatic carbocycles. The second-order valence-corrected chi connectivity index (χ2v) is 5.86. The van der Waals surface area contributed by atoms with Gasteiger partial charge in [0.25, 0.3) is 0 Å². The van der Waals surface area contributed by atoms with Crippen molar-refractivity contribution in [1.29, 1.82) is 0 Å². The summed E-state index contributed by atoms with van der Waals surface area (Å²) in [5, 5.41) is 3.62. The van der Waals surface area contributed by atoms with E-state index in [0.29, 0.717) is 6.04 Å². The van der Waals surface area contributed by atoms with E-state index >= 15 is 0 Å². The van der Waals surface area contributed by atoms with Crippen molar-refractivity contribution in [2.45, 2.75) is 32.9 Å². The van der Waals surface area contributed by atoms with E-state index in [2.05, 4.69) is 36.2 Å². The summed E-state index contributed by atoms with van der Waals surface area (Å²) in [6, 6.07) is 9.06. The fourth-order valence-corrected chi connectivity index (χ4v) is 2.75. The number of hydrogen-bond donors (Lipinski definition) is 1. The Morgan fingerprint density at radius 2 is 2.05 bits per heavy atom. The molecule has 1 aromatic rings. The molecule has 106 valence electrons. The lowest BCUT2D eigenvalue weighted by molar-refractivity contribution is 0.179. The third kappa shape index (κ3) is 4.51. The van der Waals surface area contributed by atoms with Crippen LogP contribution < -0.4 is 10.1 Å². The van der Waals surface area contributed by atoms with E-state index in [1.807, 2.05) is 12.1 Å². The highest BCUT2D eigenvalue weighted by Gasteiger charge is 2.19. The number of rotatable bonds is 5. The Balaban J connectivity index is 1.87. The molecule has 0 radical (unpaired) electrons. The predicted molar refractivity (Wildman–Crippen MR) is 79.5 cm³/mol. The van der Waals surface area contributed by atoms with Gasteiger partial charge in [0.15, 0.2) is 0 Å². The largest absolute Gasteiger partial charge is 0.497 e. The van der Waals surface area contributed by atoms with Crippen LogP contribution in [0.25, 0.3) is 0 Å². The SMILES string of the molecule is COc1ccc(CN2CCNC(CC(C)C)C2)cc1. The van der Waals surface area contributed by atoms with Crippen LogP contribution in [0.1, 0.15) is 25.8 Å². The summed E-state index contributed by atoms with van der Waals surface area (Å²) in [5.74, 6) is 1.69. The van der Waals surface area contributed by atoms with E-state index in [1.54, 1.807) is 7.11 Å². The molecule has 0 bridgehead atoms. The first-order valence-corrected chi connectivity index (χ1v) is 7.26. The minimum atomic E-state index is 0.645. The molecule has 3 nitrogen and oxygen atoms in total. The van der Waals surface area contributed by atoms with Crippen molar-refractivity contribution in [1.82, 2.24) is 10.2 Å². The Bertz CT molecular complexity index is 375. The van der Waals surface area contributed by atoms with Crippen molar-refractivity contribution < 1.29 is 4.74 Å². The molecule has 1 atom stereocenters. The standard InChI is InChI=1S/C16H26N2O/c1-13(2)10-15-12-18(9-8-17-15)11-14-4-6-16(19-3)7-5-14/h4-7,13,15,17H,8-12H2,1-3H3. The highest BCUT2D eigenvalue weighted by molar-refractivity contribution is 5.27. The van der Waals surface area contributed by atoms with Gasteiger partial charge in [-0.15, -0.1) is 0 Å². The zero-order valence-electron chi connectivity index (χ0n) is 12.4. The molecule has 0 aliphatic carbocycles. The van der Waals surface area contributed by atoms with Gasteiger partial charge in [0.05, 0.1) is 7.11 Å². The third-order valence-electron chi connectivity index (χ3n) is 3.66. The summed E-state index contributed by atoms with van der Waals surface area (Å²) in [4.78, 5) is 2.55. The molecule has 1 N–H and O–H groups in total. The molecule has 3 heteroatoms. The van der Waals surface area contributed by atoms with Gasteiger partial charge in [-0.2, -0.15) is 0 Å². The monoisotopic (exact) mass is 262 g/mol. The number of nitrogens with zero attached hydrogens (tertiary/aromatic N) is 1. The number of hydrogen-bond acceptors (Lipinski definition) is 3. The summed E-state index contributed by atoms with van der Waals surface area (Å²) in [5.41, 5.74) is 1.37. The molecule has 1 fully saturated rings. The van der Waals surface area contributed by atoms with Crippen LogP contribution in [0.15, 0.2) is 24.3 Å². The molecule has 0 amide bonds. The van der Waals surface area contributed by atoms with Crippen LogP contribution >= 0.6 is 0 Å². The lowest BCUT2D eigenvalue weighted by Gasteiger charge is -2.34. The molecule has 0 spiro atoms. The molecule has 1 aliphatic rings. The van der Waals surface area contributed by atoms with Gasteiger partial charge in [-0.05, 0) is 30.0 Å². The zero-order chi connectivity index (χ0) is 13.7. The molecule has 1 saturated heterocycles. The van der Waals surface area contributed by atoms with Crippen molar-refractivity contribution in [3.8, 4) is 5.75 Å². The molecule has 0 aromatic heterocycles. The van der Waals surface area contributed by atoms with Crippen LogP contribution in [0.5, 0.6) is 5.75 Å². The Hall–Kier alpha value is -1.06. The van der Waals surface area contributed by atoms with E-state index in [1.165, 1.54) is 12.0 Å². The fourth-order valence-electron chi connectivity index (χ4n) is 2.75. The lowest BCUT2D eigenvalue weighted by Crippen LogP contribution is -2.50. The second-order valence-electron chi connectivity index (χ2n) is 5.86. The minimum Gasteiger partial charge on any atom is -0.497 e. The van der Waals surface area contributed by atoms with Crippen LogP contribution in [0, 0.1) is 5.92 Å². The van der Waals surface area contributed by atoms with E-state index < -0.39 is 0 Å². The number of ether oxygens (including phenoxy) is 1. The van der Waals surface area contributed by atoms with Crippen molar-refractivity contribution >= 4 is 0 Å². The van der Waals surface area contributed by atoms with Crippen LogP contribution in [-0.2, 0) is 6.54 Å². The molecule has 1 unspecified atom stereocenters. The molecule has 1 heterocycles. The minimum absolute atomic E-state index is 0.645. The second kappa shape index (κ2) is 6.92. The maximum atomic E-state index is 5.20. The quantitative estimate of drug-likeness (QED) is 0.882. The van der Waals surface area contributed by atoms with Gasteiger partial charge in [0, 0.05) is 32.2 Å². The maximum absolute atomic E-state index is 5.20. The van der Waals surface area contributed by atoms with E-state index in [-0.39, 0.29) is 0 Å². The molecular formula is C16H26N2O. The van der Waals surface area contributed by atoms with Crippen molar-refractivity contribution in [3.63, 3.8) is 0 Å². The number of piperazine rings is 1. The molecule has 1 aliphatic heterocycles. The molecule has 2 rings (SSSR count). The zero-order valence-corrected chi connectivity index (χ0v) is 12.4. The van der Waals surface area contributed by atoms with Crippen LogP contribution in [-0.4, -0.2) is 37.7 Å². The number of nitrogens with one attached hydrogen (secondary N) is 1. The third-order valence-corrected chi connectivity index (χ3v) is 3.66. The maximum Gasteiger partial charge on any atom is 0.118 e. The van der Waals surface area contributed by atoms with Gasteiger partial charge >= 0.3 is 0 Å². The van der Waals surface area contributed by atoms with Gasteiger partial charge in [-0.3, -0.25) is 4.90 Å². The van der Waals surface area contributed by atoms with Crippen LogP contribution in [0.2, 0.25) is 0 Å². The van der Waals surface area contributed by atoms with Crippen molar-refractivity contribution in [3.05, 3.63) is 29.8 Å². The normalized spacial score (nSPS) is 20.7. The molecule has 0 saturated carbocycles. The summed E-state index contributed by atoms with van der Waals surface area (Å²) in [6.07, 6.45) is 1.26. The Morgan fingerprint density at radius 1 is 1.32 bits per heavy atom. The molecule has 19 heavy (non-hydrogen) atoms. The van der Waals surface area contributed by atoms with E-state index in [4.69, 9.17) is 4.74 Å². The summed E-state index contributed by atoms with van der Waals surface area (Å²) in [7, 11) is 1.71. The highest BCUT2D eigenvalue weighted by atomic mass is 16.5. The summed E-state index contributed by atoms with van der Waals surface area (Å²) in [6.45, 7) is 9.03.